The van der Waals surface area contributed by atoms with E-state index in [-0.39, 0.29) is 11.7 Å². The van der Waals surface area contributed by atoms with Crippen LogP contribution in [0, 0.1) is 0 Å². The lowest BCUT2D eigenvalue weighted by Gasteiger charge is -2.12. The Morgan fingerprint density at radius 1 is 1.04 bits per heavy atom. The Morgan fingerprint density at radius 2 is 1.71 bits per heavy atom. The Balaban J connectivity index is 2.06. The van der Waals surface area contributed by atoms with Crippen LogP contribution < -0.4 is 9.47 Å². The average molecular weight is 399 g/mol. The zero-order chi connectivity index (χ0) is 19.9. The van der Waals surface area contributed by atoms with Gasteiger partial charge in [-0.1, -0.05) is 30.0 Å². The normalized spacial score (nSPS) is 10.5. The van der Waals surface area contributed by atoms with Crippen LogP contribution in [0.1, 0.15) is 6.92 Å². The Kier molecular flexibility index (Phi) is 6.54. The molecular formula is C20H21N3O4S. The predicted molar refractivity (Wildman–Crippen MR) is 107 cm³/mol. The van der Waals surface area contributed by atoms with E-state index in [9.17, 15) is 4.79 Å². The van der Waals surface area contributed by atoms with Crippen LogP contribution >= 0.6 is 11.8 Å². The Morgan fingerprint density at radius 3 is 2.32 bits per heavy atom. The zero-order valence-electron chi connectivity index (χ0n) is 15.9. The lowest BCUT2D eigenvalue weighted by molar-refractivity contribution is -0.139. The van der Waals surface area contributed by atoms with Gasteiger partial charge in [-0.3, -0.25) is 9.36 Å². The van der Waals surface area contributed by atoms with Crippen LogP contribution in [0.4, 0.5) is 0 Å². The summed E-state index contributed by atoms with van der Waals surface area (Å²) in [6.45, 7) is 2.13. The first-order chi connectivity index (χ1) is 13.7. The van der Waals surface area contributed by atoms with Gasteiger partial charge in [0.25, 0.3) is 0 Å². The number of hydrogen-bond donors (Lipinski definition) is 0. The molecule has 7 nitrogen and oxygen atoms in total. The third kappa shape index (κ3) is 4.45. The van der Waals surface area contributed by atoms with Gasteiger partial charge in [0.15, 0.2) is 11.0 Å². The van der Waals surface area contributed by atoms with Crippen LogP contribution in [-0.4, -0.2) is 47.3 Å². The van der Waals surface area contributed by atoms with Crippen molar-refractivity contribution in [2.45, 2.75) is 12.1 Å². The number of esters is 1. The molecule has 0 fully saturated rings. The third-order valence-electron chi connectivity index (χ3n) is 3.88. The second-order valence-electron chi connectivity index (χ2n) is 5.67. The first kappa shape index (κ1) is 19.8. The zero-order valence-corrected chi connectivity index (χ0v) is 16.7. The van der Waals surface area contributed by atoms with Crippen molar-refractivity contribution in [2.75, 3.05) is 26.6 Å². The molecule has 3 aromatic rings. The number of carbonyl (C=O) groups is 1. The van der Waals surface area contributed by atoms with Gasteiger partial charge in [-0.05, 0) is 31.2 Å². The van der Waals surface area contributed by atoms with Gasteiger partial charge in [-0.2, -0.15) is 0 Å². The summed E-state index contributed by atoms with van der Waals surface area (Å²) in [6, 6.07) is 15.3. The number of thioether (sulfide) groups is 1. The first-order valence-corrected chi connectivity index (χ1v) is 9.67. The molecule has 2 aromatic carbocycles. The van der Waals surface area contributed by atoms with E-state index < -0.39 is 0 Å². The molecule has 0 aliphatic heterocycles. The van der Waals surface area contributed by atoms with Crippen molar-refractivity contribution in [1.82, 2.24) is 14.8 Å². The smallest absolute Gasteiger partial charge is 0.316 e. The number of carbonyl (C=O) groups excluding carboxylic acids is 1. The van der Waals surface area contributed by atoms with Gasteiger partial charge in [-0.15, -0.1) is 10.2 Å². The van der Waals surface area contributed by atoms with Gasteiger partial charge in [0, 0.05) is 17.3 Å². The maximum absolute atomic E-state index is 11.8. The molecule has 0 N–H and O–H groups in total. The largest absolute Gasteiger partial charge is 0.497 e. The van der Waals surface area contributed by atoms with Crippen LogP contribution in [0.5, 0.6) is 11.5 Å². The predicted octanol–water partition coefficient (Wildman–Crippen LogP) is 3.61. The number of para-hydroxylation sites is 1. The summed E-state index contributed by atoms with van der Waals surface area (Å²) in [4.78, 5) is 11.8. The van der Waals surface area contributed by atoms with Gasteiger partial charge in [0.1, 0.15) is 11.5 Å². The summed E-state index contributed by atoms with van der Waals surface area (Å²) < 4.78 is 17.7. The van der Waals surface area contributed by atoms with Crippen molar-refractivity contribution in [3.63, 3.8) is 0 Å². The summed E-state index contributed by atoms with van der Waals surface area (Å²) >= 11 is 1.28. The molecule has 1 heterocycles. The van der Waals surface area contributed by atoms with Crippen molar-refractivity contribution in [2.24, 2.45) is 0 Å². The summed E-state index contributed by atoms with van der Waals surface area (Å²) in [5.74, 6) is 1.78. The molecule has 0 radical (unpaired) electrons. The highest BCUT2D eigenvalue weighted by molar-refractivity contribution is 7.99. The number of rotatable bonds is 8. The minimum Gasteiger partial charge on any atom is -0.497 e. The number of nitrogens with zero attached hydrogens (tertiary/aromatic N) is 3. The van der Waals surface area contributed by atoms with Crippen LogP contribution in [0.15, 0.2) is 53.7 Å². The van der Waals surface area contributed by atoms with Crippen molar-refractivity contribution >= 4 is 17.7 Å². The lowest BCUT2D eigenvalue weighted by atomic mass is 10.2. The quantitative estimate of drug-likeness (QED) is 0.423. The second-order valence-corrected chi connectivity index (χ2v) is 6.61. The lowest BCUT2D eigenvalue weighted by Crippen LogP contribution is -2.08. The summed E-state index contributed by atoms with van der Waals surface area (Å²) in [6.07, 6.45) is 0. The van der Waals surface area contributed by atoms with E-state index in [2.05, 4.69) is 10.2 Å². The van der Waals surface area contributed by atoms with Gasteiger partial charge in [-0.25, -0.2) is 0 Å². The van der Waals surface area contributed by atoms with Crippen LogP contribution in [0.2, 0.25) is 0 Å². The van der Waals surface area contributed by atoms with Crippen molar-refractivity contribution in [3.8, 4) is 28.6 Å². The monoisotopic (exact) mass is 399 g/mol. The number of ether oxygens (including phenoxy) is 3. The molecule has 8 heteroatoms. The SMILES string of the molecule is CCOC(=O)CSc1nnc(-c2cc(OC)cc(OC)c2)n1-c1ccccc1. The fourth-order valence-corrected chi connectivity index (χ4v) is 3.37. The van der Waals surface area contributed by atoms with Crippen molar-refractivity contribution in [1.29, 1.82) is 0 Å². The molecule has 0 aliphatic carbocycles. The molecule has 0 amide bonds. The fraction of sp³-hybridized carbons (Fsp3) is 0.250. The molecule has 0 saturated heterocycles. The maximum Gasteiger partial charge on any atom is 0.316 e. The highest BCUT2D eigenvalue weighted by atomic mass is 32.2. The van der Waals surface area contributed by atoms with E-state index in [1.807, 2.05) is 47.0 Å². The molecule has 0 bridgehead atoms. The van der Waals surface area contributed by atoms with E-state index in [4.69, 9.17) is 14.2 Å². The molecule has 3 rings (SSSR count). The Bertz CT molecular complexity index is 922. The Labute approximate surface area is 167 Å². The van der Waals surface area contributed by atoms with Crippen LogP contribution in [0.3, 0.4) is 0 Å². The number of benzene rings is 2. The molecule has 28 heavy (non-hydrogen) atoms. The summed E-state index contributed by atoms with van der Waals surface area (Å²) in [5, 5.41) is 9.26. The number of methoxy groups -OCH3 is 2. The molecule has 0 atom stereocenters. The number of hydrogen-bond acceptors (Lipinski definition) is 7. The standard InChI is InChI=1S/C20H21N3O4S/c1-4-27-18(24)13-28-20-22-21-19(23(20)15-8-6-5-7-9-15)14-10-16(25-2)12-17(11-14)26-3/h5-12H,4,13H2,1-3H3. The van der Waals surface area contributed by atoms with Gasteiger partial charge in [0.05, 0.1) is 26.6 Å². The van der Waals surface area contributed by atoms with E-state index in [1.54, 1.807) is 27.2 Å². The molecule has 1 aromatic heterocycles. The molecule has 146 valence electrons. The fourth-order valence-electron chi connectivity index (χ4n) is 2.62. The van der Waals surface area contributed by atoms with E-state index in [0.717, 1.165) is 11.3 Å². The van der Waals surface area contributed by atoms with Crippen LogP contribution in [-0.2, 0) is 9.53 Å². The van der Waals surface area contributed by atoms with Crippen molar-refractivity contribution in [3.05, 3.63) is 48.5 Å². The molecule has 0 unspecified atom stereocenters. The molecule has 0 spiro atoms. The topological polar surface area (TPSA) is 75.5 Å². The average Bonchev–Trinajstić information content (AvgIpc) is 3.16. The highest BCUT2D eigenvalue weighted by Gasteiger charge is 2.18. The van der Waals surface area contributed by atoms with E-state index in [0.29, 0.717) is 29.1 Å². The van der Waals surface area contributed by atoms with Gasteiger partial charge >= 0.3 is 5.97 Å². The number of aromatic nitrogens is 3. The second kappa shape index (κ2) is 9.27. The Hall–Kier alpha value is -3.00. The summed E-state index contributed by atoms with van der Waals surface area (Å²) in [7, 11) is 3.20. The minimum absolute atomic E-state index is 0.153. The highest BCUT2D eigenvalue weighted by Crippen LogP contribution is 2.32. The minimum atomic E-state index is -0.292. The van der Waals surface area contributed by atoms with E-state index >= 15 is 0 Å². The third-order valence-corrected chi connectivity index (χ3v) is 4.78. The van der Waals surface area contributed by atoms with Gasteiger partial charge < -0.3 is 14.2 Å². The molecular weight excluding hydrogens is 378 g/mol. The molecule has 0 aliphatic rings. The molecule has 0 saturated carbocycles. The van der Waals surface area contributed by atoms with E-state index in [1.165, 1.54) is 11.8 Å². The van der Waals surface area contributed by atoms with Gasteiger partial charge in [0.2, 0.25) is 0 Å². The first-order valence-electron chi connectivity index (χ1n) is 8.69. The maximum atomic E-state index is 11.8. The summed E-state index contributed by atoms with van der Waals surface area (Å²) in [5.41, 5.74) is 1.67. The van der Waals surface area contributed by atoms with Crippen molar-refractivity contribution < 1.29 is 19.0 Å². The van der Waals surface area contributed by atoms with Crippen LogP contribution in [0.25, 0.3) is 17.1 Å².